The summed E-state index contributed by atoms with van der Waals surface area (Å²) in [4.78, 5) is 20.3. The van der Waals surface area contributed by atoms with Crippen LogP contribution in [-0.2, 0) is 0 Å². The first kappa shape index (κ1) is 13.3. The van der Waals surface area contributed by atoms with Crippen molar-refractivity contribution in [3.63, 3.8) is 0 Å². The highest BCUT2D eigenvalue weighted by Gasteiger charge is 2.40. The number of hydrogen-bond donors (Lipinski definition) is 1. The Balaban J connectivity index is 1.46. The van der Waals surface area contributed by atoms with Crippen molar-refractivity contribution in [1.29, 1.82) is 0 Å². The maximum atomic E-state index is 12.6. The van der Waals surface area contributed by atoms with Gasteiger partial charge in [-0.05, 0) is 55.8 Å². The van der Waals surface area contributed by atoms with Crippen LogP contribution in [0.1, 0.15) is 29.8 Å². The first-order chi connectivity index (χ1) is 10.2. The number of amides is 1. The molecule has 4 rings (SSSR count). The number of rotatable bonds is 1. The maximum Gasteiger partial charge on any atom is 0.270 e. The number of nitrogens with one attached hydrogen (secondary N) is 1. The molecular weight excluding hydrogens is 282 g/mol. The lowest BCUT2D eigenvalue weighted by Crippen LogP contribution is -2.44. The average Bonchev–Trinajstić information content (AvgIpc) is 3.14. The van der Waals surface area contributed by atoms with Crippen molar-refractivity contribution in [2.75, 3.05) is 33.2 Å². The van der Waals surface area contributed by atoms with Crippen LogP contribution in [-0.4, -0.2) is 53.9 Å². The summed E-state index contributed by atoms with van der Waals surface area (Å²) in [5.41, 5.74) is 2.30. The molecule has 2 aromatic heterocycles. The van der Waals surface area contributed by atoms with Crippen molar-refractivity contribution in [1.82, 2.24) is 14.8 Å². The van der Waals surface area contributed by atoms with Gasteiger partial charge >= 0.3 is 0 Å². The number of aromatic nitrogens is 1. The van der Waals surface area contributed by atoms with Crippen LogP contribution in [0.2, 0.25) is 0 Å². The number of likely N-dealkylation sites (tertiary alicyclic amines) is 2. The van der Waals surface area contributed by atoms with Crippen molar-refractivity contribution in [3.05, 3.63) is 23.2 Å². The SMILES string of the molecule is CN1CCC2(CCN(C(=O)c3cc4sccc4[nH]3)CC2)C1. The summed E-state index contributed by atoms with van der Waals surface area (Å²) in [6, 6.07) is 4.03. The minimum Gasteiger partial charge on any atom is -0.350 e. The van der Waals surface area contributed by atoms with Crippen LogP contribution >= 0.6 is 11.3 Å². The first-order valence-corrected chi connectivity index (χ1v) is 8.57. The van der Waals surface area contributed by atoms with Gasteiger partial charge in [-0.1, -0.05) is 0 Å². The molecule has 0 aromatic carbocycles. The summed E-state index contributed by atoms with van der Waals surface area (Å²) in [6.45, 7) is 4.22. The van der Waals surface area contributed by atoms with E-state index in [1.165, 1.54) is 24.2 Å². The van der Waals surface area contributed by atoms with Gasteiger partial charge in [-0.25, -0.2) is 0 Å². The molecule has 4 heterocycles. The molecule has 2 aliphatic heterocycles. The summed E-state index contributed by atoms with van der Waals surface area (Å²) >= 11 is 1.68. The number of carbonyl (C=O) groups is 1. The number of aromatic amines is 1. The molecule has 0 unspecified atom stereocenters. The molecule has 4 nitrogen and oxygen atoms in total. The van der Waals surface area contributed by atoms with E-state index in [0.29, 0.717) is 5.41 Å². The highest BCUT2D eigenvalue weighted by atomic mass is 32.1. The lowest BCUT2D eigenvalue weighted by molar-refractivity contribution is 0.0589. The number of thiophene rings is 1. The fraction of sp³-hybridized carbons (Fsp3) is 0.562. The first-order valence-electron chi connectivity index (χ1n) is 7.69. The zero-order valence-corrected chi connectivity index (χ0v) is 13.2. The van der Waals surface area contributed by atoms with Gasteiger partial charge in [0, 0.05) is 19.6 Å². The number of carbonyl (C=O) groups excluding carboxylic acids is 1. The molecule has 2 saturated heterocycles. The van der Waals surface area contributed by atoms with Crippen molar-refractivity contribution in [2.45, 2.75) is 19.3 Å². The largest absolute Gasteiger partial charge is 0.350 e. The van der Waals surface area contributed by atoms with E-state index in [0.717, 1.165) is 37.1 Å². The monoisotopic (exact) mass is 303 g/mol. The van der Waals surface area contributed by atoms with Crippen LogP contribution < -0.4 is 0 Å². The van der Waals surface area contributed by atoms with Crippen LogP contribution in [0.25, 0.3) is 10.2 Å². The van der Waals surface area contributed by atoms with E-state index >= 15 is 0 Å². The van der Waals surface area contributed by atoms with Crippen LogP contribution in [0.15, 0.2) is 17.5 Å². The second kappa shape index (κ2) is 4.85. The third-order valence-corrected chi connectivity index (χ3v) is 6.07. The summed E-state index contributed by atoms with van der Waals surface area (Å²) in [5.74, 6) is 0.166. The number of hydrogen-bond acceptors (Lipinski definition) is 3. The molecule has 2 aromatic rings. The third kappa shape index (κ3) is 2.28. The molecule has 0 radical (unpaired) electrons. The fourth-order valence-electron chi connectivity index (χ4n) is 3.88. The molecule has 112 valence electrons. The van der Waals surface area contributed by atoms with Gasteiger partial charge < -0.3 is 14.8 Å². The van der Waals surface area contributed by atoms with Gasteiger partial charge in [0.25, 0.3) is 5.91 Å². The Morgan fingerprint density at radius 1 is 1.29 bits per heavy atom. The second-order valence-electron chi connectivity index (χ2n) is 6.66. The molecule has 5 heteroatoms. The lowest BCUT2D eigenvalue weighted by atomic mass is 9.78. The molecule has 0 saturated carbocycles. The molecule has 2 aliphatic rings. The lowest BCUT2D eigenvalue weighted by Gasteiger charge is -2.39. The van der Waals surface area contributed by atoms with Crippen molar-refractivity contribution in [2.24, 2.45) is 5.41 Å². The molecule has 0 aliphatic carbocycles. The fourth-order valence-corrected chi connectivity index (χ4v) is 4.67. The highest BCUT2D eigenvalue weighted by molar-refractivity contribution is 7.17. The topological polar surface area (TPSA) is 39.3 Å². The predicted octanol–water partition coefficient (Wildman–Crippen LogP) is 2.79. The smallest absolute Gasteiger partial charge is 0.270 e. The van der Waals surface area contributed by atoms with E-state index in [2.05, 4.69) is 22.3 Å². The molecule has 1 spiro atoms. The van der Waals surface area contributed by atoms with Gasteiger partial charge in [-0.15, -0.1) is 11.3 Å². The van der Waals surface area contributed by atoms with Crippen LogP contribution in [0.4, 0.5) is 0 Å². The number of piperidine rings is 1. The van der Waals surface area contributed by atoms with E-state index in [1.807, 2.05) is 17.0 Å². The molecule has 0 bridgehead atoms. The Hall–Kier alpha value is -1.33. The van der Waals surface area contributed by atoms with E-state index in [4.69, 9.17) is 0 Å². The third-order valence-electron chi connectivity index (χ3n) is 5.21. The maximum absolute atomic E-state index is 12.6. The van der Waals surface area contributed by atoms with E-state index in [1.54, 1.807) is 11.3 Å². The zero-order chi connectivity index (χ0) is 14.4. The second-order valence-corrected chi connectivity index (χ2v) is 7.61. The quantitative estimate of drug-likeness (QED) is 0.880. The van der Waals surface area contributed by atoms with Gasteiger partial charge in [-0.3, -0.25) is 4.79 Å². The molecule has 1 N–H and O–H groups in total. The average molecular weight is 303 g/mol. The highest BCUT2D eigenvalue weighted by Crippen LogP contribution is 2.40. The van der Waals surface area contributed by atoms with Gasteiger partial charge in [0.2, 0.25) is 0 Å². The summed E-state index contributed by atoms with van der Waals surface area (Å²) in [6.07, 6.45) is 3.60. The van der Waals surface area contributed by atoms with Gasteiger partial charge in [0.15, 0.2) is 0 Å². The normalized spacial score (nSPS) is 22.4. The van der Waals surface area contributed by atoms with Crippen molar-refractivity contribution in [3.8, 4) is 0 Å². The summed E-state index contributed by atoms with van der Waals surface area (Å²) < 4.78 is 1.17. The zero-order valence-electron chi connectivity index (χ0n) is 12.4. The van der Waals surface area contributed by atoms with E-state index < -0.39 is 0 Å². The number of fused-ring (bicyclic) bond motifs is 1. The Morgan fingerprint density at radius 3 is 2.71 bits per heavy atom. The Kier molecular flexibility index (Phi) is 3.08. The van der Waals surface area contributed by atoms with Crippen molar-refractivity contribution >= 4 is 27.5 Å². The van der Waals surface area contributed by atoms with E-state index in [9.17, 15) is 4.79 Å². The van der Waals surface area contributed by atoms with Gasteiger partial charge in [0.1, 0.15) is 5.69 Å². The van der Waals surface area contributed by atoms with Gasteiger partial charge in [0.05, 0.1) is 10.2 Å². The minimum atomic E-state index is 0.166. The molecule has 1 amide bonds. The predicted molar refractivity (Wildman–Crippen MR) is 85.9 cm³/mol. The number of H-pyrrole nitrogens is 1. The molecular formula is C16H21N3OS. The van der Waals surface area contributed by atoms with Crippen LogP contribution in [0.5, 0.6) is 0 Å². The van der Waals surface area contributed by atoms with Gasteiger partial charge in [-0.2, -0.15) is 0 Å². The number of nitrogens with zero attached hydrogens (tertiary/aromatic N) is 2. The molecule has 2 fully saturated rings. The summed E-state index contributed by atoms with van der Waals surface area (Å²) in [7, 11) is 2.21. The standard InChI is InChI=1S/C16H21N3OS/c1-18-6-3-16(11-18)4-7-19(8-5-16)15(20)13-10-14-12(17-13)2-9-21-14/h2,9-10,17H,3-8,11H2,1H3. The molecule has 0 atom stereocenters. The van der Waals surface area contributed by atoms with Crippen molar-refractivity contribution < 1.29 is 4.79 Å². The molecule has 21 heavy (non-hydrogen) atoms. The Labute approximate surface area is 128 Å². The van der Waals surface area contributed by atoms with Crippen LogP contribution in [0.3, 0.4) is 0 Å². The Bertz CT molecular complexity index is 637. The van der Waals surface area contributed by atoms with Crippen LogP contribution in [0, 0.1) is 5.41 Å². The summed E-state index contributed by atoms with van der Waals surface area (Å²) in [5, 5.41) is 2.05. The van der Waals surface area contributed by atoms with E-state index in [-0.39, 0.29) is 5.91 Å². The minimum absolute atomic E-state index is 0.166. The Morgan fingerprint density at radius 2 is 2.05 bits per heavy atom.